The molecule has 0 atom stereocenters. The number of anilines is 2. The van der Waals surface area contributed by atoms with Crippen LogP contribution in [-0.4, -0.2) is 34.8 Å². The minimum absolute atomic E-state index is 0.0158. The molecule has 0 spiro atoms. The third kappa shape index (κ3) is 5.01. The maximum absolute atomic E-state index is 13.3. The standard InChI is InChI=1S/C19H16F2N6O2/c1-22-18(26-16(28)11-8-12(20)10-13(21)9-11)25-15-5-3-2-4-14(15)17(29)27-19-23-6-7-24-19/h2-10H,1H3,(H2,22,25,26,28)(H2,23,24,27,29). The minimum Gasteiger partial charge on any atom is -0.331 e. The Balaban J connectivity index is 1.76. The van der Waals surface area contributed by atoms with E-state index in [2.05, 4.69) is 30.9 Å². The fraction of sp³-hybridized carbons (Fsp3) is 0.0526. The van der Waals surface area contributed by atoms with Crippen molar-refractivity contribution in [2.24, 2.45) is 4.99 Å². The molecule has 0 unspecified atom stereocenters. The molecular weight excluding hydrogens is 382 g/mol. The van der Waals surface area contributed by atoms with Crippen LogP contribution >= 0.6 is 0 Å². The maximum atomic E-state index is 13.3. The molecule has 148 valence electrons. The highest BCUT2D eigenvalue weighted by Crippen LogP contribution is 2.16. The zero-order chi connectivity index (χ0) is 20.8. The molecule has 0 fully saturated rings. The van der Waals surface area contributed by atoms with Crippen LogP contribution in [0.15, 0.2) is 59.9 Å². The summed E-state index contributed by atoms with van der Waals surface area (Å²) in [6, 6.07) is 8.99. The van der Waals surface area contributed by atoms with E-state index < -0.39 is 23.4 Å². The van der Waals surface area contributed by atoms with Crippen molar-refractivity contribution in [2.75, 3.05) is 17.7 Å². The summed E-state index contributed by atoms with van der Waals surface area (Å²) in [7, 11) is 1.40. The first-order chi connectivity index (χ1) is 14.0. The van der Waals surface area contributed by atoms with Crippen molar-refractivity contribution >= 4 is 29.4 Å². The summed E-state index contributed by atoms with van der Waals surface area (Å²) in [6.07, 6.45) is 3.05. The molecule has 0 aliphatic carbocycles. The number of hydrogen-bond acceptors (Lipinski definition) is 4. The van der Waals surface area contributed by atoms with Crippen molar-refractivity contribution in [2.45, 2.75) is 0 Å². The summed E-state index contributed by atoms with van der Waals surface area (Å²) >= 11 is 0. The number of aromatic nitrogens is 2. The zero-order valence-corrected chi connectivity index (χ0v) is 15.2. The van der Waals surface area contributed by atoms with Gasteiger partial charge in [-0.05, 0) is 24.3 Å². The topological polar surface area (TPSA) is 111 Å². The van der Waals surface area contributed by atoms with E-state index in [1.165, 1.54) is 13.2 Å². The van der Waals surface area contributed by atoms with Crippen LogP contribution < -0.4 is 16.0 Å². The number of carbonyl (C=O) groups is 2. The van der Waals surface area contributed by atoms with Gasteiger partial charge in [-0.25, -0.2) is 13.8 Å². The fourth-order valence-electron chi connectivity index (χ4n) is 2.43. The second-order valence-electron chi connectivity index (χ2n) is 5.75. The van der Waals surface area contributed by atoms with E-state index in [0.717, 1.165) is 12.1 Å². The third-order valence-electron chi connectivity index (χ3n) is 3.74. The molecule has 29 heavy (non-hydrogen) atoms. The van der Waals surface area contributed by atoms with Gasteiger partial charge in [-0.15, -0.1) is 0 Å². The minimum atomic E-state index is -0.877. The van der Waals surface area contributed by atoms with Crippen molar-refractivity contribution in [1.82, 2.24) is 15.3 Å². The van der Waals surface area contributed by atoms with Crippen LogP contribution in [0, 0.1) is 11.6 Å². The maximum Gasteiger partial charge on any atom is 0.260 e. The Kier molecular flexibility index (Phi) is 5.93. The van der Waals surface area contributed by atoms with E-state index in [4.69, 9.17) is 0 Å². The summed E-state index contributed by atoms with van der Waals surface area (Å²) in [5, 5.41) is 7.83. The number of aliphatic imine (C=N–C) groups is 1. The molecule has 4 N–H and O–H groups in total. The predicted octanol–water partition coefficient (Wildman–Crippen LogP) is 2.77. The number of nitrogens with zero attached hydrogens (tertiary/aromatic N) is 2. The molecule has 3 rings (SSSR count). The first-order valence-electron chi connectivity index (χ1n) is 8.37. The summed E-state index contributed by atoms with van der Waals surface area (Å²) < 4.78 is 26.7. The number of carbonyl (C=O) groups excluding carboxylic acids is 2. The van der Waals surface area contributed by atoms with Crippen molar-refractivity contribution in [3.63, 3.8) is 0 Å². The first kappa shape index (κ1) is 19.7. The molecular formula is C19H16F2N6O2. The Morgan fingerprint density at radius 3 is 2.41 bits per heavy atom. The molecule has 10 heteroatoms. The van der Waals surface area contributed by atoms with Crippen LogP contribution in [0.2, 0.25) is 0 Å². The molecule has 0 bridgehead atoms. The summed E-state index contributed by atoms with van der Waals surface area (Å²) in [6.45, 7) is 0. The number of rotatable bonds is 4. The van der Waals surface area contributed by atoms with E-state index in [1.807, 2.05) is 0 Å². The fourth-order valence-corrected chi connectivity index (χ4v) is 2.43. The SMILES string of the molecule is CN=C(NC(=O)c1cc(F)cc(F)c1)Nc1ccccc1C(=O)Nc1ncc[nH]1. The van der Waals surface area contributed by atoms with E-state index in [9.17, 15) is 18.4 Å². The number of aromatic amines is 1. The van der Waals surface area contributed by atoms with E-state index >= 15 is 0 Å². The Morgan fingerprint density at radius 1 is 1.03 bits per heavy atom. The van der Waals surface area contributed by atoms with Gasteiger partial charge in [0.25, 0.3) is 11.8 Å². The molecule has 2 aromatic carbocycles. The summed E-state index contributed by atoms with van der Waals surface area (Å²) in [5.74, 6) is -2.71. The average molecular weight is 398 g/mol. The van der Waals surface area contributed by atoms with Gasteiger partial charge in [0, 0.05) is 31.1 Å². The normalized spacial score (nSPS) is 11.1. The van der Waals surface area contributed by atoms with E-state index in [0.29, 0.717) is 11.8 Å². The van der Waals surface area contributed by atoms with Gasteiger partial charge in [-0.1, -0.05) is 12.1 Å². The van der Waals surface area contributed by atoms with Crippen LogP contribution in [0.4, 0.5) is 20.4 Å². The molecule has 0 aliphatic heterocycles. The second-order valence-corrected chi connectivity index (χ2v) is 5.75. The third-order valence-corrected chi connectivity index (χ3v) is 3.74. The molecule has 2 amide bonds. The van der Waals surface area contributed by atoms with Gasteiger partial charge < -0.3 is 10.3 Å². The van der Waals surface area contributed by atoms with Crippen molar-refractivity contribution in [1.29, 1.82) is 0 Å². The molecule has 8 nitrogen and oxygen atoms in total. The van der Waals surface area contributed by atoms with Crippen molar-refractivity contribution in [3.05, 3.63) is 77.6 Å². The molecule has 3 aromatic rings. The number of halogens is 2. The van der Waals surface area contributed by atoms with Crippen molar-refractivity contribution < 1.29 is 18.4 Å². The predicted molar refractivity (Wildman–Crippen MR) is 104 cm³/mol. The lowest BCUT2D eigenvalue weighted by atomic mass is 10.1. The molecule has 0 aliphatic rings. The summed E-state index contributed by atoms with van der Waals surface area (Å²) in [4.78, 5) is 35.4. The summed E-state index contributed by atoms with van der Waals surface area (Å²) in [5.41, 5.74) is 0.397. The lowest BCUT2D eigenvalue weighted by Gasteiger charge is -2.14. The van der Waals surface area contributed by atoms with Gasteiger partial charge in [-0.2, -0.15) is 0 Å². The highest BCUT2D eigenvalue weighted by molar-refractivity contribution is 6.13. The Bertz CT molecular complexity index is 1050. The van der Waals surface area contributed by atoms with Gasteiger partial charge in [0.15, 0.2) is 0 Å². The lowest BCUT2D eigenvalue weighted by molar-refractivity contribution is 0.0975. The Morgan fingerprint density at radius 2 is 1.76 bits per heavy atom. The van der Waals surface area contributed by atoms with E-state index in [-0.39, 0.29) is 23.0 Å². The molecule has 1 heterocycles. The zero-order valence-electron chi connectivity index (χ0n) is 15.2. The number of nitrogens with one attached hydrogen (secondary N) is 4. The number of hydrogen-bond donors (Lipinski definition) is 4. The molecule has 0 radical (unpaired) electrons. The Labute approximate surface area is 164 Å². The number of guanidine groups is 1. The monoisotopic (exact) mass is 398 g/mol. The average Bonchev–Trinajstić information content (AvgIpc) is 3.20. The highest BCUT2D eigenvalue weighted by atomic mass is 19.1. The molecule has 0 saturated heterocycles. The lowest BCUT2D eigenvalue weighted by Crippen LogP contribution is -2.36. The van der Waals surface area contributed by atoms with E-state index in [1.54, 1.807) is 30.5 Å². The van der Waals surface area contributed by atoms with Crippen LogP contribution in [-0.2, 0) is 0 Å². The van der Waals surface area contributed by atoms with Crippen LogP contribution in [0.1, 0.15) is 20.7 Å². The van der Waals surface area contributed by atoms with Gasteiger partial charge in [0.1, 0.15) is 11.6 Å². The van der Waals surface area contributed by atoms with Crippen LogP contribution in [0.3, 0.4) is 0 Å². The van der Waals surface area contributed by atoms with Crippen LogP contribution in [0.25, 0.3) is 0 Å². The molecule has 1 aromatic heterocycles. The van der Waals surface area contributed by atoms with Gasteiger partial charge in [-0.3, -0.25) is 25.2 Å². The van der Waals surface area contributed by atoms with Gasteiger partial charge in [0.05, 0.1) is 11.3 Å². The van der Waals surface area contributed by atoms with Gasteiger partial charge >= 0.3 is 0 Å². The van der Waals surface area contributed by atoms with Gasteiger partial charge in [0.2, 0.25) is 11.9 Å². The Hall–Kier alpha value is -4.08. The smallest absolute Gasteiger partial charge is 0.260 e. The molecule has 0 saturated carbocycles. The number of para-hydroxylation sites is 1. The first-order valence-corrected chi connectivity index (χ1v) is 8.37. The largest absolute Gasteiger partial charge is 0.331 e. The second kappa shape index (κ2) is 8.74. The van der Waals surface area contributed by atoms with Crippen molar-refractivity contribution in [3.8, 4) is 0 Å². The van der Waals surface area contributed by atoms with Crippen LogP contribution in [0.5, 0.6) is 0 Å². The number of amides is 2. The number of benzene rings is 2. The number of H-pyrrole nitrogens is 1. The highest BCUT2D eigenvalue weighted by Gasteiger charge is 2.16. The number of imidazole rings is 1. The quantitative estimate of drug-likeness (QED) is 0.400.